The molecule has 0 aromatic heterocycles. The van der Waals surface area contributed by atoms with E-state index in [9.17, 15) is 15.0 Å². The Labute approximate surface area is 246 Å². The van der Waals surface area contributed by atoms with Crippen molar-refractivity contribution in [2.24, 2.45) is 0 Å². The van der Waals surface area contributed by atoms with Gasteiger partial charge >= 0.3 is 247 Å². The van der Waals surface area contributed by atoms with Crippen LogP contribution in [0, 0.1) is 11.3 Å². The fraction of sp³-hybridized carbons (Fsp3) is 0.441. The summed E-state index contributed by atoms with van der Waals surface area (Å²) in [7, 11) is -4.15. The molecule has 3 aromatic carbocycles. The van der Waals surface area contributed by atoms with Gasteiger partial charge in [-0.1, -0.05) is 0 Å². The number of unbranched alkanes of at least 4 members (excludes halogenated alkanes) is 3. The molecule has 2 N–H and O–H groups in total. The average molecular weight is 579 g/mol. The number of hydrogen-bond donors (Lipinski definition) is 2. The van der Waals surface area contributed by atoms with Gasteiger partial charge in [-0.2, -0.15) is 0 Å². The van der Waals surface area contributed by atoms with Crippen LogP contribution >= 0.6 is 19.0 Å². The quantitative estimate of drug-likeness (QED) is 0.101. The van der Waals surface area contributed by atoms with Gasteiger partial charge in [0.2, 0.25) is 0 Å². The SMILES string of the molecule is CC(C)N(C(C)C)P(O)(O)(CCC#N)CCCCCCSC(c1ccccc1)(c1ccccc1)c1ccccc1. The Morgan fingerprint density at radius 2 is 1.12 bits per heavy atom. The first-order valence-electron chi connectivity index (χ1n) is 14.6. The number of nitrogens with zero attached hydrogens (tertiary/aromatic N) is 2. The van der Waals surface area contributed by atoms with Crippen molar-refractivity contribution in [1.82, 2.24) is 4.67 Å². The summed E-state index contributed by atoms with van der Waals surface area (Å²) >= 11 is 1.98. The molecule has 0 heterocycles. The monoisotopic (exact) mass is 578 g/mol. The van der Waals surface area contributed by atoms with E-state index in [1.54, 1.807) is 0 Å². The molecule has 0 aliphatic heterocycles. The second-order valence-corrected chi connectivity index (χ2v) is 16.7. The molecule has 0 amide bonds. The first-order valence-corrected chi connectivity index (χ1v) is 18.1. The molecule has 4 nitrogen and oxygen atoms in total. The Hall–Kier alpha value is -2.19. The molecular formula is C34H47N2O2PS. The number of thioether (sulfide) groups is 1. The van der Waals surface area contributed by atoms with E-state index in [1.165, 1.54) is 16.7 Å². The average Bonchev–Trinajstić information content (AvgIpc) is 2.94. The Bertz CT molecular complexity index is 1090. The summed E-state index contributed by atoms with van der Waals surface area (Å²) in [5.41, 5.74) is 3.82. The van der Waals surface area contributed by atoms with Crippen LogP contribution in [0.25, 0.3) is 0 Å². The normalized spacial score (nSPS) is 13.3. The van der Waals surface area contributed by atoms with Gasteiger partial charge < -0.3 is 0 Å². The van der Waals surface area contributed by atoms with Gasteiger partial charge in [-0.15, -0.1) is 0 Å². The van der Waals surface area contributed by atoms with Gasteiger partial charge in [0.15, 0.2) is 0 Å². The summed E-state index contributed by atoms with van der Waals surface area (Å²) < 4.78 is 1.59. The molecule has 0 aliphatic carbocycles. The number of benzene rings is 3. The minimum absolute atomic E-state index is 0.00448. The van der Waals surface area contributed by atoms with E-state index in [0.717, 1.165) is 31.4 Å². The predicted octanol–water partition coefficient (Wildman–Crippen LogP) is 8.59. The van der Waals surface area contributed by atoms with E-state index in [4.69, 9.17) is 0 Å². The fourth-order valence-electron chi connectivity index (χ4n) is 6.17. The molecule has 0 atom stereocenters. The van der Waals surface area contributed by atoms with Crippen LogP contribution in [0.5, 0.6) is 0 Å². The molecule has 0 spiro atoms. The van der Waals surface area contributed by atoms with Gasteiger partial charge in [0.1, 0.15) is 0 Å². The van der Waals surface area contributed by atoms with Crippen molar-refractivity contribution < 1.29 is 9.79 Å². The van der Waals surface area contributed by atoms with Crippen LogP contribution in [0.3, 0.4) is 0 Å². The predicted molar refractivity (Wildman–Crippen MR) is 174 cm³/mol. The Balaban J connectivity index is 1.71. The number of rotatable bonds is 16. The van der Waals surface area contributed by atoms with Gasteiger partial charge in [-0.05, 0) is 0 Å². The molecule has 0 aliphatic rings. The van der Waals surface area contributed by atoms with Crippen molar-refractivity contribution in [3.05, 3.63) is 108 Å². The van der Waals surface area contributed by atoms with E-state index < -0.39 is 7.21 Å². The zero-order valence-electron chi connectivity index (χ0n) is 24.6. The minimum atomic E-state index is -4.15. The zero-order chi connectivity index (χ0) is 29.1. The van der Waals surface area contributed by atoms with E-state index in [2.05, 4.69) is 97.1 Å². The number of hydrogen-bond acceptors (Lipinski definition) is 5. The third-order valence-corrected chi connectivity index (χ3v) is 13.6. The van der Waals surface area contributed by atoms with Crippen LogP contribution in [0.4, 0.5) is 0 Å². The van der Waals surface area contributed by atoms with Gasteiger partial charge in [0, 0.05) is 0 Å². The molecule has 3 aromatic rings. The molecule has 0 radical (unpaired) electrons. The van der Waals surface area contributed by atoms with Crippen molar-refractivity contribution in [2.75, 3.05) is 18.1 Å². The second kappa shape index (κ2) is 14.6. The van der Waals surface area contributed by atoms with Crippen molar-refractivity contribution in [3.63, 3.8) is 0 Å². The first kappa shape index (κ1) is 32.3. The topological polar surface area (TPSA) is 67.5 Å². The molecule has 0 fully saturated rings. The molecule has 0 unspecified atom stereocenters. The summed E-state index contributed by atoms with van der Waals surface area (Å²) in [6, 6.07) is 34.5. The maximum absolute atomic E-state index is 11.8. The van der Waals surface area contributed by atoms with Crippen LogP contribution in [-0.2, 0) is 4.75 Å². The summed E-state index contributed by atoms with van der Waals surface area (Å²) in [5.74, 6) is 0.985. The molecule has 0 saturated carbocycles. The molecule has 6 heteroatoms. The van der Waals surface area contributed by atoms with Gasteiger partial charge in [0.25, 0.3) is 0 Å². The number of nitriles is 1. The molecule has 40 heavy (non-hydrogen) atoms. The van der Waals surface area contributed by atoms with Crippen LogP contribution in [0.15, 0.2) is 91.0 Å². The van der Waals surface area contributed by atoms with Crippen LogP contribution in [0.2, 0.25) is 0 Å². The van der Waals surface area contributed by atoms with E-state index in [1.807, 2.05) is 44.1 Å². The molecule has 0 bridgehead atoms. The molecule has 3 rings (SSSR count). The fourth-order valence-corrected chi connectivity index (χ4v) is 12.0. The van der Waals surface area contributed by atoms with Crippen molar-refractivity contribution >= 4 is 19.0 Å². The van der Waals surface area contributed by atoms with Gasteiger partial charge in [-0.25, -0.2) is 0 Å². The third-order valence-electron chi connectivity index (χ3n) is 7.64. The van der Waals surface area contributed by atoms with Crippen molar-refractivity contribution in [1.29, 1.82) is 5.26 Å². The maximum atomic E-state index is 11.8. The summed E-state index contributed by atoms with van der Waals surface area (Å²) in [6.45, 7) is 8.04. The van der Waals surface area contributed by atoms with Crippen LogP contribution < -0.4 is 0 Å². The standard InChI is InChI=1S/C34H47N2O2PS/c1-29(2)36(30(3)4)39(37,38,27-18-25-35)26-16-5-6-17-28-40-34(31-19-10-7-11-20-31,32-21-12-8-13-22-32)33-23-14-9-15-24-33/h7-15,19-24,29-30,37-38H,5-6,16-18,26-28H2,1-4H3. The van der Waals surface area contributed by atoms with E-state index in [-0.39, 0.29) is 29.4 Å². The second-order valence-electron chi connectivity index (χ2n) is 11.3. The van der Waals surface area contributed by atoms with Gasteiger partial charge in [0.05, 0.1) is 0 Å². The molecule has 216 valence electrons. The Kier molecular flexibility index (Phi) is 11.8. The molecular weight excluding hydrogens is 531 g/mol. The Morgan fingerprint density at radius 1 is 0.700 bits per heavy atom. The summed E-state index contributed by atoms with van der Waals surface area (Å²) in [5, 5.41) is 9.21. The molecule has 0 saturated heterocycles. The van der Waals surface area contributed by atoms with Gasteiger partial charge in [-0.3, -0.25) is 0 Å². The van der Waals surface area contributed by atoms with Crippen LogP contribution in [0.1, 0.15) is 76.5 Å². The Morgan fingerprint density at radius 3 is 1.52 bits per heavy atom. The first-order chi connectivity index (χ1) is 19.1. The zero-order valence-corrected chi connectivity index (χ0v) is 26.3. The van der Waals surface area contributed by atoms with E-state index >= 15 is 0 Å². The summed E-state index contributed by atoms with van der Waals surface area (Å²) in [6.07, 6.45) is 4.43. The summed E-state index contributed by atoms with van der Waals surface area (Å²) in [4.78, 5) is 23.5. The third kappa shape index (κ3) is 7.75. The van der Waals surface area contributed by atoms with Crippen molar-refractivity contribution in [3.8, 4) is 6.07 Å². The van der Waals surface area contributed by atoms with E-state index in [0.29, 0.717) is 6.16 Å². The van der Waals surface area contributed by atoms with Crippen molar-refractivity contribution in [2.45, 2.75) is 76.6 Å². The van der Waals surface area contributed by atoms with Crippen LogP contribution in [-0.4, -0.2) is 44.6 Å².